The van der Waals surface area contributed by atoms with Crippen molar-refractivity contribution in [3.63, 3.8) is 0 Å². The van der Waals surface area contributed by atoms with Gasteiger partial charge >= 0.3 is 11.9 Å². The van der Waals surface area contributed by atoms with Crippen molar-refractivity contribution in [2.75, 3.05) is 6.54 Å². The van der Waals surface area contributed by atoms with Gasteiger partial charge < -0.3 is 5.32 Å². The quantitative estimate of drug-likeness (QED) is 0.584. The van der Waals surface area contributed by atoms with Crippen molar-refractivity contribution in [1.29, 1.82) is 0 Å². The number of halogens is 4. The number of amides is 1. The summed E-state index contributed by atoms with van der Waals surface area (Å²) in [6.07, 6.45) is -3.91. The standard InChI is InChI=1S/C22H20ClF3N4O3/c1-3-10-27-19(31)18-20(32)29(12-14-5-7-15(8-6-14)22(24,25)26)21(33)30(28-18)16-9-4-13(2)17(23)11-16/h4-9,11H,3,10,12H2,1-2H3,(H,27,31). The number of hydrogen-bond acceptors (Lipinski definition) is 4. The minimum absolute atomic E-state index is 0.223. The van der Waals surface area contributed by atoms with Crippen LogP contribution < -0.4 is 16.6 Å². The average molecular weight is 481 g/mol. The second-order valence-electron chi connectivity index (χ2n) is 7.32. The van der Waals surface area contributed by atoms with Gasteiger partial charge in [-0.3, -0.25) is 14.2 Å². The molecule has 0 radical (unpaired) electrons. The monoisotopic (exact) mass is 480 g/mol. The van der Waals surface area contributed by atoms with Gasteiger partial charge in [0.05, 0.1) is 17.8 Å². The zero-order valence-electron chi connectivity index (χ0n) is 17.7. The molecule has 0 aliphatic rings. The van der Waals surface area contributed by atoms with E-state index >= 15 is 0 Å². The highest BCUT2D eigenvalue weighted by atomic mass is 35.5. The maximum atomic E-state index is 13.1. The number of aryl methyl sites for hydroxylation is 1. The zero-order chi connectivity index (χ0) is 24.3. The van der Waals surface area contributed by atoms with Gasteiger partial charge in [0.25, 0.3) is 11.5 Å². The normalized spacial score (nSPS) is 11.5. The molecule has 11 heteroatoms. The van der Waals surface area contributed by atoms with Gasteiger partial charge in [-0.2, -0.15) is 23.0 Å². The Morgan fingerprint density at radius 1 is 1.12 bits per heavy atom. The van der Waals surface area contributed by atoms with Crippen LogP contribution in [0.3, 0.4) is 0 Å². The van der Waals surface area contributed by atoms with E-state index in [1.54, 1.807) is 19.1 Å². The smallest absolute Gasteiger partial charge is 0.350 e. The van der Waals surface area contributed by atoms with E-state index in [1.807, 2.05) is 6.92 Å². The van der Waals surface area contributed by atoms with E-state index in [1.165, 1.54) is 18.2 Å². The van der Waals surface area contributed by atoms with Crippen LogP contribution in [-0.4, -0.2) is 26.8 Å². The van der Waals surface area contributed by atoms with E-state index in [4.69, 9.17) is 11.6 Å². The summed E-state index contributed by atoms with van der Waals surface area (Å²) in [6, 6.07) is 8.71. The van der Waals surface area contributed by atoms with Crippen molar-refractivity contribution < 1.29 is 18.0 Å². The molecule has 7 nitrogen and oxygen atoms in total. The Hall–Kier alpha value is -3.40. The first-order valence-electron chi connectivity index (χ1n) is 9.98. The number of aromatic nitrogens is 3. The Bertz CT molecular complexity index is 1300. The summed E-state index contributed by atoms with van der Waals surface area (Å²) in [7, 11) is 0. The van der Waals surface area contributed by atoms with Crippen LogP contribution in [-0.2, 0) is 12.7 Å². The first-order valence-corrected chi connectivity index (χ1v) is 10.4. The second-order valence-corrected chi connectivity index (χ2v) is 7.73. The van der Waals surface area contributed by atoms with E-state index < -0.39 is 34.6 Å². The summed E-state index contributed by atoms with van der Waals surface area (Å²) in [4.78, 5) is 38.6. The van der Waals surface area contributed by atoms with Crippen molar-refractivity contribution in [3.8, 4) is 5.69 Å². The molecule has 33 heavy (non-hydrogen) atoms. The first kappa shape index (κ1) is 24.2. The summed E-state index contributed by atoms with van der Waals surface area (Å²) < 4.78 is 40.2. The Kier molecular flexibility index (Phi) is 7.06. The molecule has 1 heterocycles. The summed E-state index contributed by atoms with van der Waals surface area (Å²) >= 11 is 6.16. The van der Waals surface area contributed by atoms with E-state index in [9.17, 15) is 27.6 Å². The molecule has 1 amide bonds. The average Bonchev–Trinajstić information content (AvgIpc) is 2.77. The first-order chi connectivity index (χ1) is 15.5. The SMILES string of the molecule is CCCNC(=O)c1nn(-c2ccc(C)c(Cl)c2)c(=O)n(Cc2ccc(C(F)(F)F)cc2)c1=O. The lowest BCUT2D eigenvalue weighted by molar-refractivity contribution is -0.137. The summed E-state index contributed by atoms with van der Waals surface area (Å²) in [5, 5.41) is 6.85. The highest BCUT2D eigenvalue weighted by molar-refractivity contribution is 6.31. The minimum Gasteiger partial charge on any atom is -0.350 e. The van der Waals surface area contributed by atoms with Crippen molar-refractivity contribution in [1.82, 2.24) is 19.7 Å². The molecule has 0 saturated carbocycles. The van der Waals surface area contributed by atoms with Crippen LogP contribution in [0.15, 0.2) is 52.1 Å². The molecule has 0 aliphatic heterocycles. The number of hydrogen-bond donors (Lipinski definition) is 1. The Morgan fingerprint density at radius 3 is 2.36 bits per heavy atom. The van der Waals surface area contributed by atoms with Gasteiger partial charge in [-0.1, -0.05) is 36.7 Å². The second kappa shape index (κ2) is 9.62. The fraction of sp³-hybridized carbons (Fsp3) is 0.273. The molecule has 0 saturated heterocycles. The molecule has 0 spiro atoms. The Labute approximate surface area is 191 Å². The molecule has 3 aromatic rings. The van der Waals surface area contributed by atoms with Gasteiger partial charge in [-0.25, -0.2) is 4.79 Å². The number of carbonyl (C=O) groups excluding carboxylic acids is 1. The number of alkyl halides is 3. The highest BCUT2D eigenvalue weighted by Crippen LogP contribution is 2.29. The van der Waals surface area contributed by atoms with Crippen LogP contribution in [0.5, 0.6) is 0 Å². The number of nitrogens with zero attached hydrogens (tertiary/aromatic N) is 3. The minimum atomic E-state index is -4.52. The molecule has 0 fully saturated rings. The number of carbonyl (C=O) groups is 1. The maximum Gasteiger partial charge on any atom is 0.416 e. The number of nitrogens with one attached hydrogen (secondary N) is 1. The molecular formula is C22H20ClF3N4O3. The molecule has 0 aliphatic carbocycles. The van der Waals surface area contributed by atoms with Gasteiger partial charge in [0, 0.05) is 11.6 Å². The lowest BCUT2D eigenvalue weighted by Crippen LogP contribution is -2.46. The van der Waals surface area contributed by atoms with Crippen LogP contribution in [0, 0.1) is 6.92 Å². The third-order valence-corrected chi connectivity index (χ3v) is 5.24. The summed E-state index contributed by atoms with van der Waals surface area (Å²) in [5.74, 6) is -0.769. The highest BCUT2D eigenvalue weighted by Gasteiger charge is 2.30. The van der Waals surface area contributed by atoms with Crippen molar-refractivity contribution in [3.05, 3.63) is 90.7 Å². The molecule has 0 atom stereocenters. The summed E-state index contributed by atoms with van der Waals surface area (Å²) in [6.45, 7) is 3.52. The molecule has 174 valence electrons. The van der Waals surface area contributed by atoms with Gasteiger partial charge in [-0.05, 0) is 48.7 Å². The van der Waals surface area contributed by atoms with E-state index in [2.05, 4.69) is 10.4 Å². The Balaban J connectivity index is 2.15. The molecule has 1 aromatic heterocycles. The van der Waals surface area contributed by atoms with Gasteiger partial charge in [0.2, 0.25) is 5.69 Å². The number of benzene rings is 2. The van der Waals surface area contributed by atoms with Gasteiger partial charge in [0.1, 0.15) is 0 Å². The third-order valence-electron chi connectivity index (χ3n) is 4.83. The molecule has 2 aromatic carbocycles. The largest absolute Gasteiger partial charge is 0.416 e. The number of rotatable bonds is 6. The van der Waals surface area contributed by atoms with Gasteiger partial charge in [-0.15, -0.1) is 0 Å². The van der Waals surface area contributed by atoms with Crippen molar-refractivity contribution >= 4 is 17.5 Å². The molecule has 3 rings (SSSR count). The Morgan fingerprint density at radius 2 is 1.79 bits per heavy atom. The van der Waals surface area contributed by atoms with Crippen LogP contribution in [0.25, 0.3) is 5.69 Å². The van der Waals surface area contributed by atoms with Crippen LogP contribution in [0.2, 0.25) is 5.02 Å². The van der Waals surface area contributed by atoms with Crippen LogP contribution in [0.1, 0.15) is 40.5 Å². The van der Waals surface area contributed by atoms with E-state index in [-0.39, 0.29) is 24.3 Å². The van der Waals surface area contributed by atoms with E-state index in [0.717, 1.165) is 26.9 Å². The lowest BCUT2D eigenvalue weighted by Gasteiger charge is -2.13. The molecule has 0 unspecified atom stereocenters. The van der Waals surface area contributed by atoms with Crippen molar-refractivity contribution in [2.45, 2.75) is 33.0 Å². The fourth-order valence-corrected chi connectivity index (χ4v) is 3.16. The van der Waals surface area contributed by atoms with Crippen LogP contribution >= 0.6 is 11.6 Å². The molecular weight excluding hydrogens is 461 g/mol. The maximum absolute atomic E-state index is 13.1. The topological polar surface area (TPSA) is 86.0 Å². The predicted molar refractivity (Wildman–Crippen MR) is 117 cm³/mol. The van der Waals surface area contributed by atoms with Crippen LogP contribution in [0.4, 0.5) is 13.2 Å². The molecule has 1 N–H and O–H groups in total. The van der Waals surface area contributed by atoms with Gasteiger partial charge in [0.15, 0.2) is 0 Å². The predicted octanol–water partition coefficient (Wildman–Crippen LogP) is 3.56. The zero-order valence-corrected chi connectivity index (χ0v) is 18.5. The molecule has 0 bridgehead atoms. The third kappa shape index (κ3) is 5.33. The lowest BCUT2D eigenvalue weighted by atomic mass is 10.1. The van der Waals surface area contributed by atoms with E-state index in [0.29, 0.717) is 11.4 Å². The summed E-state index contributed by atoms with van der Waals surface area (Å²) in [5.41, 5.74) is -1.98. The fourth-order valence-electron chi connectivity index (χ4n) is 2.98. The van der Waals surface area contributed by atoms with Crippen molar-refractivity contribution in [2.24, 2.45) is 0 Å².